The van der Waals surface area contributed by atoms with Gasteiger partial charge in [-0.1, -0.05) is 50.3 Å². The van der Waals surface area contributed by atoms with Crippen molar-refractivity contribution in [2.45, 2.75) is 27.7 Å². The van der Waals surface area contributed by atoms with Crippen LogP contribution in [0.3, 0.4) is 0 Å². The molecule has 0 saturated heterocycles. The lowest BCUT2D eigenvalue weighted by Gasteiger charge is -2.24. The lowest BCUT2D eigenvalue weighted by atomic mass is 9.82. The molecule has 5 nitrogen and oxygen atoms in total. The van der Waals surface area contributed by atoms with Crippen LogP contribution >= 0.6 is 0 Å². The number of ketones is 2. The third kappa shape index (κ3) is 3.56. The van der Waals surface area contributed by atoms with Crippen molar-refractivity contribution in [1.82, 2.24) is 0 Å². The van der Waals surface area contributed by atoms with E-state index in [4.69, 9.17) is 10.5 Å². The smallest absolute Gasteiger partial charge is 0.196 e. The van der Waals surface area contributed by atoms with Gasteiger partial charge in [0.15, 0.2) is 11.6 Å². The van der Waals surface area contributed by atoms with Crippen molar-refractivity contribution in [3.63, 3.8) is 0 Å². The number of nitrogen functional groups attached to an aromatic ring is 1. The number of methoxy groups -OCH3 is 1. The van der Waals surface area contributed by atoms with Crippen LogP contribution in [0, 0.1) is 0 Å². The van der Waals surface area contributed by atoms with E-state index in [-0.39, 0.29) is 28.4 Å². The molecule has 146 valence electrons. The van der Waals surface area contributed by atoms with Crippen molar-refractivity contribution in [2.75, 3.05) is 18.2 Å². The minimum absolute atomic E-state index is 0.175. The number of carbonyl (C=O) groups is 2. The van der Waals surface area contributed by atoms with E-state index in [1.54, 1.807) is 30.3 Å². The first-order valence-electron chi connectivity index (χ1n) is 9.28. The largest absolute Gasteiger partial charge is 0.494 e. The first-order valence-corrected chi connectivity index (χ1v) is 9.28. The molecule has 3 rings (SSSR count). The van der Waals surface area contributed by atoms with Gasteiger partial charge >= 0.3 is 0 Å². The standard InChI is InChI=1S/C21H20N2O3.C2H6/c1-4-8-12(5-2)23-15-11-16(26-3)19(22)18-17(15)20(24)13-9-6-7-10-14(13)21(18)25;1-2/h4-11,23H,22H2,1-3H3;1-2H3/b8-4-,12-5+;. The van der Waals surface area contributed by atoms with Gasteiger partial charge in [-0.05, 0) is 19.9 Å². The van der Waals surface area contributed by atoms with Crippen molar-refractivity contribution < 1.29 is 14.3 Å². The average molecular weight is 378 g/mol. The molecule has 0 aromatic heterocycles. The lowest BCUT2D eigenvalue weighted by molar-refractivity contribution is 0.0980. The van der Waals surface area contributed by atoms with Crippen molar-refractivity contribution >= 4 is 22.9 Å². The Labute approximate surface area is 165 Å². The summed E-state index contributed by atoms with van der Waals surface area (Å²) in [5.41, 5.74) is 8.82. The summed E-state index contributed by atoms with van der Waals surface area (Å²) in [6.07, 6.45) is 5.63. The molecule has 2 aromatic rings. The van der Waals surface area contributed by atoms with Crippen LogP contribution in [0.5, 0.6) is 5.75 Å². The summed E-state index contributed by atoms with van der Waals surface area (Å²) in [4.78, 5) is 26.2. The van der Waals surface area contributed by atoms with Crippen molar-refractivity contribution in [1.29, 1.82) is 0 Å². The fourth-order valence-electron chi connectivity index (χ4n) is 3.11. The van der Waals surface area contributed by atoms with Gasteiger partial charge in [0.1, 0.15) is 5.75 Å². The van der Waals surface area contributed by atoms with Crippen LogP contribution in [0.1, 0.15) is 59.5 Å². The summed E-state index contributed by atoms with van der Waals surface area (Å²) in [5, 5.41) is 3.21. The summed E-state index contributed by atoms with van der Waals surface area (Å²) in [6.45, 7) is 7.78. The molecule has 0 atom stereocenters. The van der Waals surface area contributed by atoms with Crippen LogP contribution in [0.25, 0.3) is 0 Å². The molecule has 3 N–H and O–H groups in total. The second-order valence-electron chi connectivity index (χ2n) is 5.86. The Kier molecular flexibility index (Phi) is 6.77. The van der Waals surface area contributed by atoms with E-state index in [9.17, 15) is 9.59 Å². The number of nitrogens with two attached hydrogens (primary N) is 1. The second-order valence-corrected chi connectivity index (χ2v) is 5.86. The van der Waals surface area contributed by atoms with Crippen molar-refractivity contribution in [2.24, 2.45) is 0 Å². The van der Waals surface area contributed by atoms with Gasteiger partial charge in [0, 0.05) is 22.9 Å². The molecule has 0 spiro atoms. The van der Waals surface area contributed by atoms with Crippen LogP contribution < -0.4 is 15.8 Å². The Morgan fingerprint density at radius 3 is 2.11 bits per heavy atom. The number of benzene rings is 2. The monoisotopic (exact) mass is 378 g/mol. The zero-order chi connectivity index (χ0) is 20.8. The van der Waals surface area contributed by atoms with Crippen LogP contribution in [0.4, 0.5) is 11.4 Å². The van der Waals surface area contributed by atoms with Gasteiger partial charge in [-0.25, -0.2) is 0 Å². The summed E-state index contributed by atoms with van der Waals surface area (Å²) < 4.78 is 5.33. The molecule has 0 bridgehead atoms. The highest BCUT2D eigenvalue weighted by Gasteiger charge is 2.34. The van der Waals surface area contributed by atoms with Crippen molar-refractivity contribution in [3.8, 4) is 5.75 Å². The fraction of sp³-hybridized carbons (Fsp3) is 0.217. The second kappa shape index (κ2) is 9.04. The fourth-order valence-corrected chi connectivity index (χ4v) is 3.11. The molecule has 0 unspecified atom stereocenters. The molecule has 1 aliphatic carbocycles. The molecule has 0 fully saturated rings. The Bertz CT molecular complexity index is 972. The molecule has 0 saturated carbocycles. The molecular formula is C23H26N2O3. The number of rotatable bonds is 4. The maximum atomic E-state index is 13.1. The summed E-state index contributed by atoms with van der Waals surface area (Å²) in [6, 6.07) is 8.42. The van der Waals surface area contributed by atoms with Gasteiger partial charge < -0.3 is 15.8 Å². The van der Waals surface area contributed by atoms with E-state index >= 15 is 0 Å². The van der Waals surface area contributed by atoms with Gasteiger partial charge in [-0.15, -0.1) is 0 Å². The van der Waals surface area contributed by atoms with Gasteiger partial charge in [0.05, 0.1) is 29.6 Å². The maximum Gasteiger partial charge on any atom is 0.196 e. The molecule has 28 heavy (non-hydrogen) atoms. The topological polar surface area (TPSA) is 81.4 Å². The lowest BCUT2D eigenvalue weighted by Crippen LogP contribution is -2.24. The van der Waals surface area contributed by atoms with E-state index in [0.29, 0.717) is 22.6 Å². The molecule has 0 amide bonds. The van der Waals surface area contributed by atoms with E-state index in [1.165, 1.54) is 7.11 Å². The van der Waals surface area contributed by atoms with E-state index < -0.39 is 0 Å². The van der Waals surface area contributed by atoms with Gasteiger partial charge in [-0.3, -0.25) is 9.59 Å². The predicted octanol–water partition coefficient (Wildman–Crippen LogP) is 4.97. The number of fused-ring (bicyclic) bond motifs is 2. The van der Waals surface area contributed by atoms with Gasteiger partial charge in [0.2, 0.25) is 0 Å². The Morgan fingerprint density at radius 2 is 1.61 bits per heavy atom. The number of carbonyl (C=O) groups excluding carboxylic acids is 2. The molecule has 2 aromatic carbocycles. The van der Waals surface area contributed by atoms with E-state index in [1.807, 2.05) is 45.9 Å². The summed E-state index contributed by atoms with van der Waals surface area (Å²) >= 11 is 0. The van der Waals surface area contributed by atoms with Crippen LogP contribution in [0.2, 0.25) is 0 Å². The number of hydrogen-bond donors (Lipinski definition) is 2. The molecule has 0 aliphatic heterocycles. The highest BCUT2D eigenvalue weighted by atomic mass is 16.5. The highest BCUT2D eigenvalue weighted by molar-refractivity contribution is 6.32. The third-order valence-corrected chi connectivity index (χ3v) is 4.36. The quantitative estimate of drug-likeness (QED) is 0.495. The number of hydrogen-bond acceptors (Lipinski definition) is 5. The van der Waals surface area contributed by atoms with Gasteiger partial charge in [0.25, 0.3) is 0 Å². The summed E-state index contributed by atoms with van der Waals surface area (Å²) in [5.74, 6) is -0.159. The van der Waals surface area contributed by atoms with Gasteiger partial charge in [-0.2, -0.15) is 0 Å². The first kappa shape index (κ1) is 21.0. The SMILES string of the molecule is C/C=C\C(=C/C)Nc1cc(OC)c(N)c2c1C(=O)c1ccccc1C2=O.CC. The maximum absolute atomic E-state index is 13.1. The summed E-state index contributed by atoms with van der Waals surface area (Å²) in [7, 11) is 1.48. The Hall–Kier alpha value is -3.34. The molecule has 1 aliphatic rings. The van der Waals surface area contributed by atoms with Crippen LogP contribution in [0.15, 0.2) is 54.3 Å². The number of anilines is 2. The normalized spacial score (nSPS) is 12.8. The van der Waals surface area contributed by atoms with Crippen molar-refractivity contribution in [3.05, 3.63) is 76.5 Å². The van der Waals surface area contributed by atoms with E-state index in [2.05, 4.69) is 5.32 Å². The van der Waals surface area contributed by atoms with Crippen LogP contribution in [-0.2, 0) is 0 Å². The molecular weight excluding hydrogens is 352 g/mol. The van der Waals surface area contributed by atoms with E-state index in [0.717, 1.165) is 5.70 Å². The first-order chi connectivity index (χ1) is 13.5. The third-order valence-electron chi connectivity index (χ3n) is 4.36. The molecule has 0 radical (unpaired) electrons. The molecule has 5 heteroatoms. The Balaban J connectivity index is 0.00000136. The van der Waals surface area contributed by atoms with Crippen LogP contribution in [-0.4, -0.2) is 18.7 Å². The zero-order valence-electron chi connectivity index (χ0n) is 16.9. The minimum Gasteiger partial charge on any atom is -0.494 e. The Morgan fingerprint density at radius 1 is 1.04 bits per heavy atom. The zero-order valence-corrected chi connectivity index (χ0v) is 16.9. The number of allylic oxidation sites excluding steroid dienone is 3. The number of ether oxygens (including phenoxy) is 1. The molecule has 0 heterocycles. The number of nitrogens with one attached hydrogen (secondary N) is 1. The average Bonchev–Trinajstić information content (AvgIpc) is 2.73. The predicted molar refractivity (Wildman–Crippen MR) is 114 cm³/mol. The minimum atomic E-state index is -0.275. The highest BCUT2D eigenvalue weighted by Crippen LogP contribution is 2.40.